The van der Waals surface area contributed by atoms with Crippen LogP contribution in [0.4, 0.5) is 5.69 Å². The summed E-state index contributed by atoms with van der Waals surface area (Å²) in [5, 5.41) is 12.7. The molecule has 134 valence electrons. The lowest BCUT2D eigenvalue weighted by Crippen LogP contribution is -2.35. The summed E-state index contributed by atoms with van der Waals surface area (Å²) in [6.45, 7) is 8.30. The van der Waals surface area contributed by atoms with Gasteiger partial charge in [0.25, 0.3) is 5.91 Å². The number of anilines is 1. The van der Waals surface area contributed by atoms with Crippen LogP contribution in [0.15, 0.2) is 18.2 Å². The molecule has 0 aliphatic carbocycles. The third-order valence-corrected chi connectivity index (χ3v) is 3.76. The van der Waals surface area contributed by atoms with Crippen LogP contribution in [-0.2, 0) is 6.54 Å². The third-order valence-electron chi connectivity index (χ3n) is 3.76. The van der Waals surface area contributed by atoms with Crippen LogP contribution >= 0.6 is 12.4 Å². The Balaban J connectivity index is 0.00000312. The topological polar surface area (TPSA) is 117 Å². The second-order valence-corrected chi connectivity index (χ2v) is 5.68. The molecule has 0 bridgehead atoms. The Hall–Kier alpha value is -2.67. The van der Waals surface area contributed by atoms with Crippen molar-refractivity contribution in [2.45, 2.75) is 34.2 Å². The fourth-order valence-electron chi connectivity index (χ4n) is 2.31. The van der Waals surface area contributed by atoms with Crippen molar-refractivity contribution in [3.8, 4) is 0 Å². The zero-order chi connectivity index (χ0) is 17.9. The van der Waals surface area contributed by atoms with Crippen LogP contribution in [0, 0.1) is 33.1 Å². The number of nitrogens with one attached hydrogen (secondary N) is 3. The molecule has 2 aromatic rings. The fourth-order valence-corrected chi connectivity index (χ4v) is 2.31. The van der Waals surface area contributed by atoms with Crippen molar-refractivity contribution >= 4 is 30.0 Å². The first kappa shape index (κ1) is 20.4. The van der Waals surface area contributed by atoms with Gasteiger partial charge in [-0.05, 0) is 51.5 Å². The maximum absolute atomic E-state index is 11.8. The smallest absolute Gasteiger partial charge is 0.257 e. The van der Waals surface area contributed by atoms with E-state index in [0.29, 0.717) is 12.1 Å². The van der Waals surface area contributed by atoms with Gasteiger partial charge in [0.05, 0.1) is 29.3 Å². The van der Waals surface area contributed by atoms with Gasteiger partial charge in [-0.15, -0.1) is 12.4 Å². The number of hydrogen-bond acceptors (Lipinski definition) is 5. The van der Waals surface area contributed by atoms with Crippen molar-refractivity contribution in [2.24, 2.45) is 5.73 Å². The molecule has 1 amide bonds. The minimum absolute atomic E-state index is 0. The van der Waals surface area contributed by atoms with Crippen LogP contribution in [0.2, 0.25) is 0 Å². The van der Waals surface area contributed by atoms with E-state index in [9.17, 15) is 4.79 Å². The fraction of sp³-hybridized carbons (Fsp3) is 0.294. The predicted molar refractivity (Wildman–Crippen MR) is 101 cm³/mol. The monoisotopic (exact) mass is 362 g/mol. The number of aryl methyl sites for hydroxylation is 4. The second kappa shape index (κ2) is 8.43. The lowest BCUT2D eigenvalue weighted by molar-refractivity contribution is 0.0976. The highest BCUT2D eigenvalue weighted by atomic mass is 35.5. The molecular formula is C17H23ClN6O. The summed E-state index contributed by atoms with van der Waals surface area (Å²) in [6, 6.07) is 5.26. The van der Waals surface area contributed by atoms with Gasteiger partial charge in [-0.2, -0.15) is 0 Å². The van der Waals surface area contributed by atoms with Crippen molar-refractivity contribution in [1.82, 2.24) is 15.3 Å². The number of benzene rings is 1. The number of carbonyl (C=O) groups is 1. The van der Waals surface area contributed by atoms with Crippen molar-refractivity contribution in [2.75, 3.05) is 5.32 Å². The number of amides is 1. The average Bonchev–Trinajstić information content (AvgIpc) is 2.49. The molecule has 0 atom stereocenters. The van der Waals surface area contributed by atoms with E-state index in [-0.39, 0.29) is 18.4 Å². The number of nitrogens with two attached hydrogens (primary N) is 1. The number of nitrogens with zero attached hydrogens (tertiary/aromatic N) is 2. The van der Waals surface area contributed by atoms with Gasteiger partial charge < -0.3 is 11.1 Å². The lowest BCUT2D eigenvalue weighted by Gasteiger charge is -2.13. The molecule has 1 heterocycles. The van der Waals surface area contributed by atoms with E-state index in [2.05, 4.69) is 20.6 Å². The number of rotatable bonds is 4. The van der Waals surface area contributed by atoms with Gasteiger partial charge in [-0.25, -0.2) is 0 Å². The number of hydrogen-bond donors (Lipinski definition) is 4. The highest BCUT2D eigenvalue weighted by Crippen LogP contribution is 2.18. The summed E-state index contributed by atoms with van der Waals surface area (Å²) in [5.41, 5.74) is 11.1. The molecule has 0 saturated heterocycles. The zero-order valence-electron chi connectivity index (χ0n) is 14.7. The Morgan fingerprint density at radius 1 is 1.12 bits per heavy atom. The first-order chi connectivity index (χ1) is 11.3. The minimum atomic E-state index is -0.395. The summed E-state index contributed by atoms with van der Waals surface area (Å²) in [5.74, 6) is -0.767. The molecule has 0 unspecified atom stereocenters. The van der Waals surface area contributed by atoms with Gasteiger partial charge >= 0.3 is 0 Å². The molecule has 0 aliphatic rings. The third kappa shape index (κ3) is 5.15. The molecule has 0 aliphatic heterocycles. The maximum Gasteiger partial charge on any atom is 0.257 e. The van der Waals surface area contributed by atoms with Crippen LogP contribution in [-0.4, -0.2) is 21.8 Å². The van der Waals surface area contributed by atoms with Gasteiger partial charge in [-0.1, -0.05) is 0 Å². The summed E-state index contributed by atoms with van der Waals surface area (Å²) in [6.07, 6.45) is 0. The van der Waals surface area contributed by atoms with Crippen molar-refractivity contribution in [1.29, 1.82) is 5.41 Å². The molecule has 0 fully saturated rings. The predicted octanol–water partition coefficient (Wildman–Crippen LogP) is 2.37. The standard InChI is InChI=1S/C17H22N6O.ClH/c1-9-7-13(16(24)23-17(18)19)5-6-14(9)20-8-15-12(4)21-10(2)11(3)22-15;/h5-7,20H,8H2,1-4H3,(H4,18,19,23,24);1H. The molecule has 8 heteroatoms. The lowest BCUT2D eigenvalue weighted by atomic mass is 10.1. The molecular weight excluding hydrogens is 340 g/mol. The number of guanidine groups is 1. The molecule has 0 saturated carbocycles. The van der Waals surface area contributed by atoms with Crippen molar-refractivity contribution < 1.29 is 4.79 Å². The Bertz CT molecular complexity index is 806. The van der Waals surface area contributed by atoms with Gasteiger partial charge in [0.15, 0.2) is 5.96 Å². The highest BCUT2D eigenvalue weighted by Gasteiger charge is 2.10. The van der Waals surface area contributed by atoms with E-state index in [1.54, 1.807) is 12.1 Å². The number of carbonyl (C=O) groups excluding carboxylic acids is 1. The molecule has 1 aromatic carbocycles. The van der Waals surface area contributed by atoms with Gasteiger partial charge in [-0.3, -0.25) is 25.5 Å². The number of halogens is 1. The van der Waals surface area contributed by atoms with E-state index >= 15 is 0 Å². The Labute approximate surface area is 153 Å². The first-order valence-corrected chi connectivity index (χ1v) is 7.58. The van der Waals surface area contributed by atoms with E-state index in [1.807, 2.05) is 33.8 Å². The van der Waals surface area contributed by atoms with E-state index in [0.717, 1.165) is 34.0 Å². The Morgan fingerprint density at radius 2 is 1.76 bits per heavy atom. The van der Waals surface area contributed by atoms with Crippen LogP contribution in [0.5, 0.6) is 0 Å². The molecule has 1 aromatic heterocycles. The maximum atomic E-state index is 11.8. The molecule has 5 N–H and O–H groups in total. The summed E-state index contributed by atoms with van der Waals surface area (Å²) in [7, 11) is 0. The average molecular weight is 363 g/mol. The highest BCUT2D eigenvalue weighted by molar-refractivity contribution is 6.04. The summed E-state index contributed by atoms with van der Waals surface area (Å²) >= 11 is 0. The normalized spacial score (nSPS) is 9.92. The first-order valence-electron chi connectivity index (χ1n) is 7.58. The SMILES string of the molecule is Cc1cc(C(=O)NC(=N)N)ccc1NCc1nc(C)c(C)nc1C.Cl. The summed E-state index contributed by atoms with van der Waals surface area (Å²) in [4.78, 5) is 20.9. The second-order valence-electron chi connectivity index (χ2n) is 5.68. The molecule has 0 spiro atoms. The Morgan fingerprint density at radius 3 is 2.36 bits per heavy atom. The van der Waals surface area contributed by atoms with E-state index in [1.165, 1.54) is 0 Å². The van der Waals surface area contributed by atoms with Crippen molar-refractivity contribution in [3.05, 3.63) is 52.1 Å². The van der Waals surface area contributed by atoms with Crippen LogP contribution in [0.3, 0.4) is 0 Å². The minimum Gasteiger partial charge on any atom is -0.379 e. The molecule has 25 heavy (non-hydrogen) atoms. The van der Waals surface area contributed by atoms with E-state index in [4.69, 9.17) is 11.1 Å². The van der Waals surface area contributed by atoms with Crippen LogP contribution in [0.1, 0.15) is 38.7 Å². The molecule has 2 rings (SSSR count). The quantitative estimate of drug-likeness (QED) is 0.492. The zero-order valence-corrected chi connectivity index (χ0v) is 15.5. The largest absolute Gasteiger partial charge is 0.379 e. The Kier molecular flexibility index (Phi) is 6.87. The van der Waals surface area contributed by atoms with Gasteiger partial charge in [0.2, 0.25) is 0 Å². The van der Waals surface area contributed by atoms with Crippen LogP contribution < -0.4 is 16.4 Å². The van der Waals surface area contributed by atoms with E-state index < -0.39 is 5.91 Å². The van der Waals surface area contributed by atoms with Gasteiger partial charge in [0, 0.05) is 11.3 Å². The number of aromatic nitrogens is 2. The molecule has 7 nitrogen and oxygen atoms in total. The van der Waals surface area contributed by atoms with Crippen molar-refractivity contribution in [3.63, 3.8) is 0 Å². The van der Waals surface area contributed by atoms with Crippen LogP contribution in [0.25, 0.3) is 0 Å². The molecule has 0 radical (unpaired) electrons. The van der Waals surface area contributed by atoms with Gasteiger partial charge in [0.1, 0.15) is 0 Å². The summed E-state index contributed by atoms with van der Waals surface area (Å²) < 4.78 is 0.